The number of quaternary nitrogens is 1. The van der Waals surface area contributed by atoms with Gasteiger partial charge in [0.25, 0.3) is 0 Å². The predicted molar refractivity (Wildman–Crippen MR) is 110 cm³/mol. The number of morpholine rings is 1. The number of thiazole rings is 1. The lowest BCUT2D eigenvalue weighted by molar-refractivity contribution is -0.907. The van der Waals surface area contributed by atoms with Gasteiger partial charge in [0.1, 0.15) is 18.9 Å². The lowest BCUT2D eigenvalue weighted by Crippen LogP contribution is -3.14. The lowest BCUT2D eigenvalue weighted by atomic mass is 9.95. The van der Waals surface area contributed by atoms with Crippen molar-refractivity contribution in [3.8, 4) is 0 Å². The number of halogens is 1. The maximum Gasteiger partial charge on any atom is 0.240 e. The fraction of sp³-hybridized carbons (Fsp3) is 0.409. The predicted octanol–water partition coefficient (Wildman–Crippen LogP) is 0.195. The quantitative estimate of drug-likeness (QED) is 0.642. The zero-order valence-corrected chi connectivity index (χ0v) is 18.3. The summed E-state index contributed by atoms with van der Waals surface area (Å²) in [5.41, 5.74) is 0.812. The van der Waals surface area contributed by atoms with Crippen LogP contribution in [-0.2, 0) is 9.53 Å². The molecule has 164 valence electrons. The first-order valence-electron chi connectivity index (χ1n) is 10.2. The number of benzene rings is 1. The summed E-state index contributed by atoms with van der Waals surface area (Å²) in [4.78, 5) is 33.6. The molecule has 4 rings (SSSR count). The number of amides is 1. The molecule has 2 aliphatic rings. The van der Waals surface area contributed by atoms with Gasteiger partial charge in [0.15, 0.2) is 0 Å². The normalized spacial score (nSPS) is 20.0. The molecular weight excluding hydrogens is 421 g/mol. The third kappa shape index (κ3) is 4.26. The molecule has 1 fully saturated rings. The molecule has 0 saturated carbocycles. The summed E-state index contributed by atoms with van der Waals surface area (Å²) in [6.07, 6.45) is 0. The third-order valence-electron chi connectivity index (χ3n) is 5.71. The molecule has 1 amide bonds. The molecule has 3 heterocycles. The highest BCUT2D eigenvalue weighted by molar-refractivity contribution is 7.14. The molecule has 2 aliphatic heterocycles. The van der Waals surface area contributed by atoms with Gasteiger partial charge in [0, 0.05) is 5.57 Å². The van der Waals surface area contributed by atoms with Crippen LogP contribution in [0.3, 0.4) is 0 Å². The summed E-state index contributed by atoms with van der Waals surface area (Å²) in [5, 5.41) is 13.7. The van der Waals surface area contributed by atoms with Crippen molar-refractivity contribution >= 4 is 23.0 Å². The van der Waals surface area contributed by atoms with Crippen molar-refractivity contribution in [2.24, 2.45) is 0 Å². The van der Waals surface area contributed by atoms with Crippen LogP contribution in [0.25, 0.3) is 0 Å². The second kappa shape index (κ2) is 8.86. The number of nitrogens with one attached hydrogen (secondary N) is 1. The van der Waals surface area contributed by atoms with Gasteiger partial charge < -0.3 is 19.6 Å². The first-order chi connectivity index (χ1) is 14.9. The van der Waals surface area contributed by atoms with Crippen molar-refractivity contribution in [2.75, 3.05) is 39.4 Å². The number of rotatable bonds is 6. The molecule has 1 aromatic heterocycles. The maximum absolute atomic E-state index is 14.0. The summed E-state index contributed by atoms with van der Waals surface area (Å²) < 4.78 is 19.4. The summed E-state index contributed by atoms with van der Waals surface area (Å²) in [7, 11) is 0. The number of carbonyl (C=O) groups excluding carboxylic acids is 2. The fourth-order valence-electron chi connectivity index (χ4n) is 4.18. The minimum atomic E-state index is -0.912. The van der Waals surface area contributed by atoms with Crippen LogP contribution in [0.5, 0.6) is 0 Å². The molecule has 2 aromatic rings. The van der Waals surface area contributed by atoms with Crippen molar-refractivity contribution in [3.63, 3.8) is 0 Å². The number of hydrogen-bond acceptors (Lipinski definition) is 6. The van der Waals surface area contributed by atoms with E-state index in [1.807, 2.05) is 0 Å². The highest BCUT2D eigenvalue weighted by Crippen LogP contribution is 2.39. The number of ketones is 1. The standard InChI is InChI=1S/C22H24FN3O4S/c1-13-21(31-14(2)24-13)19(27)17-18(15-4-3-5-16(23)12-15)26(22(29)20(17)28)7-6-25-8-10-30-11-9-25/h3-5,12,18,28H,6-11H2,1-2H3. The Hall–Kier alpha value is -2.62. The molecule has 1 atom stereocenters. The zero-order chi connectivity index (χ0) is 22.1. The van der Waals surface area contributed by atoms with E-state index in [1.54, 1.807) is 19.9 Å². The Morgan fingerprint density at radius 2 is 2.10 bits per heavy atom. The average Bonchev–Trinajstić information content (AvgIpc) is 3.22. The van der Waals surface area contributed by atoms with Gasteiger partial charge in [0.05, 0.1) is 47.9 Å². The van der Waals surface area contributed by atoms with Gasteiger partial charge in [-0.2, -0.15) is 0 Å². The minimum absolute atomic E-state index is 0.126. The van der Waals surface area contributed by atoms with E-state index in [-0.39, 0.29) is 5.57 Å². The van der Waals surface area contributed by atoms with Crippen LogP contribution >= 0.6 is 11.3 Å². The van der Waals surface area contributed by atoms with Crippen LogP contribution in [0.4, 0.5) is 4.39 Å². The Bertz CT molecular complexity index is 1050. The van der Waals surface area contributed by atoms with E-state index in [4.69, 9.17) is 4.74 Å². The van der Waals surface area contributed by atoms with Crippen molar-refractivity contribution in [1.29, 1.82) is 0 Å². The smallest absolute Gasteiger partial charge is 0.240 e. The van der Waals surface area contributed by atoms with E-state index in [0.29, 0.717) is 47.4 Å². The van der Waals surface area contributed by atoms with Crippen molar-refractivity contribution in [1.82, 2.24) is 9.88 Å². The van der Waals surface area contributed by atoms with Crippen molar-refractivity contribution in [3.05, 3.63) is 62.6 Å². The Kier molecular flexibility index (Phi) is 6.17. The van der Waals surface area contributed by atoms with E-state index >= 15 is 0 Å². The number of aromatic nitrogens is 1. The first kappa shape index (κ1) is 21.6. The maximum atomic E-state index is 14.0. The number of hydrogen-bond donors (Lipinski definition) is 1. The van der Waals surface area contributed by atoms with E-state index in [0.717, 1.165) is 13.1 Å². The van der Waals surface area contributed by atoms with Gasteiger partial charge in [-0.25, -0.2) is 9.37 Å². The molecule has 7 nitrogen and oxygen atoms in total. The summed E-state index contributed by atoms with van der Waals surface area (Å²) in [5.74, 6) is -2.53. The van der Waals surface area contributed by atoms with E-state index in [1.165, 1.54) is 39.3 Å². The van der Waals surface area contributed by atoms with Crippen LogP contribution < -0.4 is 10.0 Å². The summed E-state index contributed by atoms with van der Waals surface area (Å²) >= 11 is 1.19. The Labute approximate surface area is 183 Å². The average molecular weight is 446 g/mol. The molecule has 1 aromatic carbocycles. The van der Waals surface area contributed by atoms with E-state index < -0.39 is 29.3 Å². The van der Waals surface area contributed by atoms with Crippen LogP contribution in [-0.4, -0.2) is 61.0 Å². The van der Waals surface area contributed by atoms with Crippen molar-refractivity contribution in [2.45, 2.75) is 19.9 Å². The van der Waals surface area contributed by atoms with Crippen LogP contribution in [0.15, 0.2) is 35.6 Å². The molecular formula is C22H24FN3O4S. The van der Waals surface area contributed by atoms with Gasteiger partial charge >= 0.3 is 0 Å². The Balaban J connectivity index is 1.70. The molecule has 9 heteroatoms. The van der Waals surface area contributed by atoms with E-state index in [2.05, 4.69) is 4.98 Å². The van der Waals surface area contributed by atoms with Gasteiger partial charge in [0.2, 0.25) is 11.7 Å². The number of ether oxygens (including phenoxy) is 1. The SMILES string of the molecule is Cc1nc(C)c(C(=O)C2=C([O-])C(=O)N(CC[NH+]3CCOCC3)C2c2cccc(F)c2)s1. The lowest BCUT2D eigenvalue weighted by Gasteiger charge is -2.30. The number of carbonyl (C=O) groups is 2. The number of nitrogens with zero attached hydrogens (tertiary/aromatic N) is 2. The Morgan fingerprint density at radius 3 is 2.74 bits per heavy atom. The topological polar surface area (TPSA) is 87.0 Å². The van der Waals surface area contributed by atoms with Crippen molar-refractivity contribution < 1.29 is 28.7 Å². The fourth-order valence-corrected chi connectivity index (χ4v) is 5.05. The van der Waals surface area contributed by atoms with Crippen LogP contribution in [0.1, 0.15) is 32.0 Å². The molecule has 1 unspecified atom stereocenters. The first-order valence-corrected chi connectivity index (χ1v) is 11.1. The monoisotopic (exact) mass is 445 g/mol. The van der Waals surface area contributed by atoms with E-state index in [9.17, 15) is 19.1 Å². The van der Waals surface area contributed by atoms with Gasteiger partial charge in [-0.1, -0.05) is 12.1 Å². The van der Waals surface area contributed by atoms with Gasteiger partial charge in [-0.05, 0) is 37.3 Å². The second-order valence-corrected chi connectivity index (χ2v) is 8.99. The number of aryl methyl sites for hydroxylation is 2. The summed E-state index contributed by atoms with van der Waals surface area (Å²) in [6.45, 7) is 7.32. The zero-order valence-electron chi connectivity index (χ0n) is 17.4. The minimum Gasteiger partial charge on any atom is -0.868 e. The molecule has 0 spiro atoms. The van der Waals surface area contributed by atoms with Gasteiger partial charge in [-0.3, -0.25) is 9.59 Å². The highest BCUT2D eigenvalue weighted by atomic mass is 32.1. The third-order valence-corrected chi connectivity index (χ3v) is 6.78. The molecule has 31 heavy (non-hydrogen) atoms. The van der Waals surface area contributed by atoms with Gasteiger partial charge in [-0.15, -0.1) is 11.3 Å². The number of Topliss-reactive ketones (excluding diaryl/α,β-unsaturated/α-hetero) is 1. The second-order valence-electron chi connectivity index (χ2n) is 7.79. The van der Waals surface area contributed by atoms with Crippen LogP contribution in [0, 0.1) is 19.7 Å². The largest absolute Gasteiger partial charge is 0.868 e. The highest BCUT2D eigenvalue weighted by Gasteiger charge is 2.41. The molecule has 1 saturated heterocycles. The van der Waals surface area contributed by atoms with Crippen LogP contribution in [0.2, 0.25) is 0 Å². The molecule has 0 radical (unpaired) electrons. The molecule has 1 N–H and O–H groups in total. The summed E-state index contributed by atoms with van der Waals surface area (Å²) in [6, 6.07) is 4.83. The molecule has 0 bridgehead atoms. The Morgan fingerprint density at radius 1 is 1.35 bits per heavy atom. The molecule has 0 aliphatic carbocycles.